The first-order valence-electron chi connectivity index (χ1n) is 5.88. The molecule has 0 bridgehead atoms. The number of alkyl halides is 3. The molecule has 1 N–H and O–H groups in total. The van der Waals surface area contributed by atoms with Crippen LogP contribution in [0.5, 0.6) is 5.75 Å². The van der Waals surface area contributed by atoms with E-state index < -0.39 is 15.6 Å². The van der Waals surface area contributed by atoms with Gasteiger partial charge >= 0.3 is 15.6 Å². The molecule has 0 unspecified atom stereocenters. The van der Waals surface area contributed by atoms with E-state index in [9.17, 15) is 13.2 Å². The van der Waals surface area contributed by atoms with Crippen LogP contribution in [0.15, 0.2) is 54.6 Å². The fourth-order valence-electron chi connectivity index (χ4n) is 1.41. The molecule has 0 saturated heterocycles. The van der Waals surface area contributed by atoms with Crippen LogP contribution in [-0.2, 0) is 10.1 Å². The molecule has 0 heterocycles. The molecule has 2 rings (SSSR count). The van der Waals surface area contributed by atoms with E-state index in [1.165, 1.54) is 11.1 Å². The van der Waals surface area contributed by atoms with Crippen molar-refractivity contribution >= 4 is 10.1 Å². The van der Waals surface area contributed by atoms with Crippen molar-refractivity contribution < 1.29 is 30.9 Å². The van der Waals surface area contributed by atoms with Crippen LogP contribution in [0, 0.1) is 0 Å². The van der Waals surface area contributed by atoms with Crippen molar-refractivity contribution in [3.05, 3.63) is 54.6 Å². The van der Waals surface area contributed by atoms with Gasteiger partial charge in [-0.15, -0.1) is 0 Å². The van der Waals surface area contributed by atoms with Gasteiger partial charge in [-0.2, -0.15) is 21.6 Å². The van der Waals surface area contributed by atoms with Crippen LogP contribution in [-0.4, -0.2) is 25.6 Å². The minimum atomic E-state index is -5.84. The summed E-state index contributed by atoms with van der Waals surface area (Å²) in [5.41, 5.74) is -3.09. The van der Waals surface area contributed by atoms with Gasteiger partial charge in [-0.25, -0.2) is 0 Å². The van der Waals surface area contributed by atoms with Crippen LogP contribution in [0.25, 0.3) is 11.1 Å². The molecule has 0 fully saturated rings. The van der Waals surface area contributed by atoms with Gasteiger partial charge in [0.25, 0.3) is 0 Å². The molecule has 8 heteroatoms. The molecule has 0 saturated carbocycles. The standard InChI is InChI=1S/C13H12O.CHF3O3S/c1-14-13-9-7-12(8-10-13)11-5-3-2-4-6-11;2-1(3,4)8(5,6)7/h2-10H,1H3;(H,5,6,7). The molecule has 0 radical (unpaired) electrons. The first-order chi connectivity index (χ1) is 10.1. The minimum Gasteiger partial charge on any atom is -0.497 e. The van der Waals surface area contributed by atoms with Gasteiger partial charge in [0.1, 0.15) is 5.75 Å². The summed E-state index contributed by atoms with van der Waals surface area (Å²) in [5, 5.41) is 0. The molecule has 0 aliphatic heterocycles. The Labute approximate surface area is 125 Å². The van der Waals surface area contributed by atoms with Crippen molar-refractivity contribution in [1.82, 2.24) is 0 Å². The predicted molar refractivity (Wildman–Crippen MR) is 76.0 cm³/mol. The van der Waals surface area contributed by atoms with Gasteiger partial charge in [-0.3, -0.25) is 4.55 Å². The Bertz CT molecular complexity index is 680. The van der Waals surface area contributed by atoms with E-state index in [1.807, 2.05) is 30.3 Å². The van der Waals surface area contributed by atoms with E-state index in [0.29, 0.717) is 0 Å². The lowest BCUT2D eigenvalue weighted by molar-refractivity contribution is -0.0510. The molecule has 0 aromatic heterocycles. The number of rotatable bonds is 2. The molecule has 2 aromatic rings. The average molecular weight is 334 g/mol. The van der Waals surface area contributed by atoms with E-state index in [-0.39, 0.29) is 0 Å². The lowest BCUT2D eigenvalue weighted by atomic mass is 10.1. The SMILES string of the molecule is COc1ccc(-c2ccccc2)cc1.O=S(=O)(O)C(F)(F)F. The Morgan fingerprint density at radius 3 is 1.68 bits per heavy atom. The van der Waals surface area contributed by atoms with Crippen LogP contribution in [0.2, 0.25) is 0 Å². The van der Waals surface area contributed by atoms with Crippen molar-refractivity contribution in [2.75, 3.05) is 7.11 Å². The Kier molecular flexibility index (Phi) is 5.95. The number of methoxy groups -OCH3 is 1. The van der Waals surface area contributed by atoms with E-state index >= 15 is 0 Å². The van der Waals surface area contributed by atoms with Crippen LogP contribution in [0.4, 0.5) is 13.2 Å². The summed E-state index contributed by atoms with van der Waals surface area (Å²) >= 11 is 0. The molecule has 0 spiro atoms. The highest BCUT2D eigenvalue weighted by atomic mass is 32.2. The highest BCUT2D eigenvalue weighted by Crippen LogP contribution is 2.21. The highest BCUT2D eigenvalue weighted by molar-refractivity contribution is 7.86. The third-order valence-corrected chi connectivity index (χ3v) is 3.07. The highest BCUT2D eigenvalue weighted by Gasteiger charge is 2.44. The molecule has 2 aromatic carbocycles. The number of hydrogen-bond donors (Lipinski definition) is 1. The summed E-state index contributed by atoms with van der Waals surface area (Å²) in [6.07, 6.45) is 0. The third-order valence-electron chi connectivity index (χ3n) is 2.49. The van der Waals surface area contributed by atoms with Crippen molar-refractivity contribution in [3.63, 3.8) is 0 Å². The van der Waals surface area contributed by atoms with E-state index in [2.05, 4.69) is 24.3 Å². The van der Waals surface area contributed by atoms with Crippen LogP contribution >= 0.6 is 0 Å². The maximum atomic E-state index is 10.7. The molecule has 0 aliphatic rings. The normalized spacial score (nSPS) is 11.3. The van der Waals surface area contributed by atoms with Crippen LogP contribution in [0.3, 0.4) is 0 Å². The largest absolute Gasteiger partial charge is 0.522 e. The maximum Gasteiger partial charge on any atom is 0.522 e. The quantitative estimate of drug-likeness (QED) is 0.671. The van der Waals surface area contributed by atoms with Gasteiger partial charge in [0.05, 0.1) is 7.11 Å². The number of benzene rings is 2. The molecule has 0 aliphatic carbocycles. The summed E-state index contributed by atoms with van der Waals surface area (Å²) < 4.78 is 62.6. The molecule has 4 nitrogen and oxygen atoms in total. The minimum absolute atomic E-state index is 0.893. The second-order valence-electron chi connectivity index (χ2n) is 4.02. The van der Waals surface area contributed by atoms with Crippen molar-refractivity contribution in [2.24, 2.45) is 0 Å². The number of ether oxygens (including phenoxy) is 1. The summed E-state index contributed by atoms with van der Waals surface area (Å²) in [4.78, 5) is 0. The van der Waals surface area contributed by atoms with Crippen LogP contribution in [0.1, 0.15) is 0 Å². The third kappa shape index (κ3) is 5.38. The van der Waals surface area contributed by atoms with Gasteiger partial charge in [0.2, 0.25) is 0 Å². The summed E-state index contributed by atoms with van der Waals surface area (Å²) in [7, 11) is -4.16. The van der Waals surface area contributed by atoms with Gasteiger partial charge < -0.3 is 4.74 Å². The molecule has 0 amide bonds. The molecule has 0 atom stereocenters. The van der Waals surface area contributed by atoms with Gasteiger partial charge in [-0.1, -0.05) is 42.5 Å². The van der Waals surface area contributed by atoms with E-state index in [1.54, 1.807) is 7.11 Å². The zero-order valence-corrected chi connectivity index (χ0v) is 12.2. The van der Waals surface area contributed by atoms with Gasteiger partial charge in [-0.05, 0) is 23.3 Å². The van der Waals surface area contributed by atoms with Crippen molar-refractivity contribution in [1.29, 1.82) is 0 Å². The first-order valence-corrected chi connectivity index (χ1v) is 7.32. The Morgan fingerprint density at radius 2 is 1.32 bits per heavy atom. The Morgan fingerprint density at radius 1 is 0.909 bits per heavy atom. The summed E-state index contributed by atoms with van der Waals surface area (Å²) in [6, 6.07) is 18.4. The Hall–Kier alpha value is -2.06. The van der Waals surface area contributed by atoms with Gasteiger partial charge in [0.15, 0.2) is 0 Å². The van der Waals surface area contributed by atoms with Crippen molar-refractivity contribution in [2.45, 2.75) is 5.51 Å². The van der Waals surface area contributed by atoms with E-state index in [4.69, 9.17) is 17.7 Å². The smallest absolute Gasteiger partial charge is 0.497 e. The Balaban J connectivity index is 0.000000261. The monoisotopic (exact) mass is 334 g/mol. The zero-order chi connectivity index (χ0) is 16.8. The second-order valence-corrected chi connectivity index (χ2v) is 5.43. The van der Waals surface area contributed by atoms with Crippen molar-refractivity contribution in [3.8, 4) is 16.9 Å². The fraction of sp³-hybridized carbons (Fsp3) is 0.143. The maximum absolute atomic E-state index is 10.7. The lowest BCUT2D eigenvalue weighted by Gasteiger charge is -2.02. The predicted octanol–water partition coefficient (Wildman–Crippen LogP) is 3.76. The molecular weight excluding hydrogens is 321 g/mol. The number of halogens is 3. The summed E-state index contributed by atoms with van der Waals surface area (Å²) in [5.74, 6) is 0.893. The molecular formula is C14H13F3O4S. The van der Waals surface area contributed by atoms with Crippen LogP contribution < -0.4 is 4.74 Å². The first kappa shape index (κ1) is 18.0. The zero-order valence-electron chi connectivity index (χ0n) is 11.4. The second kappa shape index (κ2) is 7.28. The topological polar surface area (TPSA) is 63.6 Å². The summed E-state index contributed by atoms with van der Waals surface area (Å²) in [6.45, 7) is 0. The molecule has 22 heavy (non-hydrogen) atoms. The number of hydrogen-bond acceptors (Lipinski definition) is 3. The molecule has 120 valence electrons. The lowest BCUT2D eigenvalue weighted by Crippen LogP contribution is -2.21. The average Bonchev–Trinajstić information content (AvgIpc) is 2.47. The fourth-order valence-corrected chi connectivity index (χ4v) is 1.41. The van der Waals surface area contributed by atoms with Gasteiger partial charge in [0, 0.05) is 0 Å². The van der Waals surface area contributed by atoms with E-state index in [0.717, 1.165) is 5.75 Å².